The van der Waals surface area contributed by atoms with Crippen molar-refractivity contribution in [1.29, 1.82) is 0 Å². The number of esters is 1. The highest BCUT2D eigenvalue weighted by molar-refractivity contribution is 6.33. The van der Waals surface area contributed by atoms with Crippen LogP contribution >= 0.6 is 11.6 Å². The van der Waals surface area contributed by atoms with Gasteiger partial charge >= 0.3 is 5.97 Å². The van der Waals surface area contributed by atoms with Gasteiger partial charge in [-0.25, -0.2) is 9.78 Å². The van der Waals surface area contributed by atoms with Crippen LogP contribution in [-0.2, 0) is 4.74 Å². The molecule has 8 heteroatoms. The summed E-state index contributed by atoms with van der Waals surface area (Å²) in [6, 6.07) is 6.80. The van der Waals surface area contributed by atoms with E-state index >= 15 is 0 Å². The highest BCUT2D eigenvalue weighted by atomic mass is 35.5. The molecule has 1 aliphatic heterocycles. The lowest BCUT2D eigenvalue weighted by atomic mass is 10.2. The summed E-state index contributed by atoms with van der Waals surface area (Å²) in [7, 11) is 1.35. The first kappa shape index (κ1) is 19.4. The number of anilines is 3. The van der Waals surface area contributed by atoms with Gasteiger partial charge in [-0.05, 0) is 31.7 Å². The molecule has 1 saturated heterocycles. The maximum Gasteiger partial charge on any atom is 0.337 e. The smallest absolute Gasteiger partial charge is 0.337 e. The average molecular weight is 390 g/mol. The molecule has 0 saturated carbocycles. The summed E-state index contributed by atoms with van der Waals surface area (Å²) in [4.78, 5) is 25.6. The van der Waals surface area contributed by atoms with Crippen LogP contribution in [0, 0.1) is 6.92 Å². The first-order chi connectivity index (χ1) is 13.0. The number of methoxy groups -OCH3 is 1. The van der Waals surface area contributed by atoms with Crippen LogP contribution in [-0.4, -0.2) is 60.7 Å². The molecule has 0 amide bonds. The van der Waals surface area contributed by atoms with Gasteiger partial charge in [-0.2, -0.15) is 4.98 Å². The molecule has 0 bridgehead atoms. The van der Waals surface area contributed by atoms with Gasteiger partial charge in [-0.15, -0.1) is 0 Å². The molecule has 1 N–H and O–H groups in total. The summed E-state index contributed by atoms with van der Waals surface area (Å²) >= 11 is 6.28. The molecule has 144 valence electrons. The van der Waals surface area contributed by atoms with E-state index in [0.717, 1.165) is 38.4 Å². The molecule has 0 radical (unpaired) electrons. The van der Waals surface area contributed by atoms with Crippen LogP contribution in [0.15, 0.2) is 24.3 Å². The fourth-order valence-corrected chi connectivity index (χ4v) is 3.19. The zero-order valence-corrected chi connectivity index (χ0v) is 16.6. The summed E-state index contributed by atoms with van der Waals surface area (Å²) in [6.45, 7) is 8.97. The molecule has 1 aromatic carbocycles. The zero-order chi connectivity index (χ0) is 19.4. The van der Waals surface area contributed by atoms with Gasteiger partial charge in [-0.3, -0.25) is 0 Å². The predicted molar refractivity (Wildman–Crippen MR) is 107 cm³/mol. The van der Waals surface area contributed by atoms with E-state index in [-0.39, 0.29) is 0 Å². The van der Waals surface area contributed by atoms with Crippen molar-refractivity contribution in [2.45, 2.75) is 13.8 Å². The monoisotopic (exact) mass is 389 g/mol. The summed E-state index contributed by atoms with van der Waals surface area (Å²) < 4.78 is 4.77. The number of hydrogen-bond donors (Lipinski definition) is 1. The van der Waals surface area contributed by atoms with Crippen molar-refractivity contribution in [1.82, 2.24) is 14.9 Å². The maximum atomic E-state index is 11.8. The third-order valence-corrected chi connectivity index (χ3v) is 4.92. The minimum atomic E-state index is -0.414. The summed E-state index contributed by atoms with van der Waals surface area (Å²) in [5.74, 6) is 0.927. The largest absolute Gasteiger partial charge is 0.465 e. The second-order valence-corrected chi connectivity index (χ2v) is 6.83. The summed E-state index contributed by atoms with van der Waals surface area (Å²) in [5, 5.41) is 3.70. The van der Waals surface area contributed by atoms with Crippen molar-refractivity contribution in [2.24, 2.45) is 0 Å². The number of carbonyl (C=O) groups is 1. The Morgan fingerprint density at radius 1 is 1.22 bits per heavy atom. The molecule has 2 aromatic rings. The summed E-state index contributed by atoms with van der Waals surface area (Å²) in [5.41, 5.74) is 1.88. The maximum absolute atomic E-state index is 11.8. The van der Waals surface area contributed by atoms with Crippen molar-refractivity contribution in [3.63, 3.8) is 0 Å². The number of ether oxygens (including phenoxy) is 1. The van der Waals surface area contributed by atoms with Gasteiger partial charge in [0.15, 0.2) is 0 Å². The molecule has 27 heavy (non-hydrogen) atoms. The van der Waals surface area contributed by atoms with E-state index in [2.05, 4.69) is 32.0 Å². The first-order valence-corrected chi connectivity index (χ1v) is 9.36. The van der Waals surface area contributed by atoms with Crippen molar-refractivity contribution in [3.8, 4) is 0 Å². The van der Waals surface area contributed by atoms with Crippen molar-refractivity contribution in [2.75, 3.05) is 50.1 Å². The van der Waals surface area contributed by atoms with Crippen molar-refractivity contribution >= 4 is 35.0 Å². The van der Waals surface area contributed by atoms with E-state index in [0.29, 0.717) is 28.0 Å². The molecule has 1 fully saturated rings. The van der Waals surface area contributed by atoms with Crippen LogP contribution in [0.4, 0.5) is 17.5 Å². The fraction of sp³-hybridized carbons (Fsp3) is 0.421. The minimum Gasteiger partial charge on any atom is -0.465 e. The van der Waals surface area contributed by atoms with Gasteiger partial charge in [0.2, 0.25) is 5.95 Å². The lowest BCUT2D eigenvalue weighted by molar-refractivity contribution is 0.0601. The number of likely N-dealkylation sites (N-methyl/N-ethyl adjacent to an activating group) is 1. The molecule has 1 aliphatic rings. The highest BCUT2D eigenvalue weighted by Crippen LogP contribution is 2.27. The first-order valence-electron chi connectivity index (χ1n) is 8.98. The molecule has 3 rings (SSSR count). The molecule has 0 atom stereocenters. The van der Waals surface area contributed by atoms with Crippen LogP contribution in [0.25, 0.3) is 0 Å². The second kappa shape index (κ2) is 8.54. The SMILES string of the molecule is CCN1CCN(c2nc(C)cc(Nc3cc(C(=O)OC)ccc3Cl)n2)CC1. The molecule has 0 spiro atoms. The average Bonchev–Trinajstić information content (AvgIpc) is 2.68. The zero-order valence-electron chi connectivity index (χ0n) is 15.8. The van der Waals surface area contributed by atoms with Gasteiger partial charge in [0.1, 0.15) is 5.82 Å². The quantitative estimate of drug-likeness (QED) is 0.788. The number of rotatable bonds is 5. The van der Waals surface area contributed by atoms with Crippen LogP contribution in [0.3, 0.4) is 0 Å². The number of nitrogens with one attached hydrogen (secondary N) is 1. The van der Waals surface area contributed by atoms with E-state index < -0.39 is 5.97 Å². The van der Waals surface area contributed by atoms with Crippen LogP contribution in [0.1, 0.15) is 23.0 Å². The third-order valence-electron chi connectivity index (χ3n) is 4.59. The number of aromatic nitrogens is 2. The normalized spacial score (nSPS) is 14.9. The van der Waals surface area contributed by atoms with E-state index in [1.54, 1.807) is 18.2 Å². The van der Waals surface area contributed by atoms with Crippen LogP contribution in [0.5, 0.6) is 0 Å². The Kier molecular flexibility index (Phi) is 6.13. The lowest BCUT2D eigenvalue weighted by Crippen LogP contribution is -2.46. The third kappa shape index (κ3) is 4.67. The van der Waals surface area contributed by atoms with Crippen LogP contribution in [0.2, 0.25) is 5.02 Å². The topological polar surface area (TPSA) is 70.6 Å². The van der Waals surface area contributed by atoms with Gasteiger partial charge in [0.05, 0.1) is 23.4 Å². The summed E-state index contributed by atoms with van der Waals surface area (Å²) in [6.07, 6.45) is 0. The fourth-order valence-electron chi connectivity index (χ4n) is 3.03. The number of aryl methyl sites for hydroxylation is 1. The van der Waals surface area contributed by atoms with E-state index in [4.69, 9.17) is 16.3 Å². The Balaban J connectivity index is 1.82. The second-order valence-electron chi connectivity index (χ2n) is 6.43. The van der Waals surface area contributed by atoms with Gasteiger partial charge in [-0.1, -0.05) is 18.5 Å². The Bertz CT molecular complexity index is 822. The Morgan fingerprint density at radius 3 is 2.63 bits per heavy atom. The Labute approximate surface area is 164 Å². The molecule has 2 heterocycles. The van der Waals surface area contributed by atoms with Gasteiger partial charge in [0, 0.05) is 37.9 Å². The number of nitrogens with zero attached hydrogens (tertiary/aromatic N) is 4. The molecule has 7 nitrogen and oxygen atoms in total. The van der Waals surface area contributed by atoms with Crippen molar-refractivity contribution < 1.29 is 9.53 Å². The van der Waals surface area contributed by atoms with Gasteiger partial charge < -0.3 is 19.9 Å². The number of benzene rings is 1. The Morgan fingerprint density at radius 2 is 1.96 bits per heavy atom. The Hall–Kier alpha value is -2.38. The number of hydrogen-bond acceptors (Lipinski definition) is 7. The van der Waals surface area contributed by atoms with E-state index in [1.165, 1.54) is 7.11 Å². The van der Waals surface area contributed by atoms with E-state index in [1.807, 2.05) is 13.0 Å². The molecular formula is C19H24ClN5O2. The molecule has 0 unspecified atom stereocenters. The van der Waals surface area contributed by atoms with E-state index in [9.17, 15) is 4.79 Å². The predicted octanol–water partition coefficient (Wildman–Crippen LogP) is 3.11. The number of carbonyl (C=O) groups excluding carboxylic acids is 1. The highest BCUT2D eigenvalue weighted by Gasteiger charge is 2.19. The van der Waals surface area contributed by atoms with Crippen molar-refractivity contribution in [3.05, 3.63) is 40.5 Å². The van der Waals surface area contributed by atoms with Gasteiger partial charge in [0.25, 0.3) is 0 Å². The lowest BCUT2D eigenvalue weighted by Gasteiger charge is -2.34. The number of piperazine rings is 1. The molecule has 1 aromatic heterocycles. The minimum absolute atomic E-state index is 0.414. The molecular weight excluding hydrogens is 366 g/mol. The molecule has 0 aliphatic carbocycles. The van der Waals surface area contributed by atoms with Crippen LogP contribution < -0.4 is 10.2 Å². The number of halogens is 1. The standard InChI is InChI=1S/C19H24ClN5O2/c1-4-24-7-9-25(10-8-24)19-21-13(2)11-17(23-19)22-16-12-14(18(26)27-3)5-6-15(16)20/h5-6,11-12H,4,7-10H2,1-3H3,(H,21,22,23).